The van der Waals surface area contributed by atoms with E-state index in [1.165, 1.54) is 6.08 Å². The van der Waals surface area contributed by atoms with Gasteiger partial charge in [0.2, 0.25) is 5.91 Å². The molecule has 0 saturated carbocycles. The highest BCUT2D eigenvalue weighted by atomic mass is 32.2. The number of carbonyl (C=O) groups is 1. The van der Waals surface area contributed by atoms with Crippen molar-refractivity contribution in [3.05, 3.63) is 42.1 Å². The molecule has 2 aromatic rings. The molecule has 0 spiro atoms. The number of aromatic nitrogens is 1. The number of carbonyl (C=O) groups excluding carboxylic acids is 1. The van der Waals surface area contributed by atoms with Gasteiger partial charge in [-0.25, -0.2) is 8.42 Å². The summed E-state index contributed by atoms with van der Waals surface area (Å²) in [5.74, 6) is -0.148. The van der Waals surface area contributed by atoms with Crippen LogP contribution in [0.25, 0.3) is 17.0 Å². The van der Waals surface area contributed by atoms with Gasteiger partial charge in [-0.05, 0) is 18.6 Å². The monoisotopic (exact) mass is 357 g/mol. The number of hydrogen-bond acceptors (Lipinski definition) is 4. The number of nitrogens with zero attached hydrogens (tertiary/aromatic N) is 2. The highest BCUT2D eigenvalue weighted by Gasteiger charge is 2.28. The third-order valence-corrected chi connectivity index (χ3v) is 6.04. The van der Waals surface area contributed by atoms with Crippen LogP contribution in [0.5, 0.6) is 0 Å². The van der Waals surface area contributed by atoms with E-state index in [1.807, 2.05) is 35.0 Å². The van der Waals surface area contributed by atoms with Crippen molar-refractivity contribution in [1.29, 1.82) is 5.26 Å². The molecule has 3 rings (SSSR count). The van der Waals surface area contributed by atoms with Gasteiger partial charge in [0, 0.05) is 41.3 Å². The third-order valence-electron chi connectivity index (χ3n) is 4.28. The Balaban J connectivity index is 1.75. The first kappa shape index (κ1) is 17.2. The first-order valence-electron chi connectivity index (χ1n) is 8.12. The second-order valence-electron chi connectivity index (χ2n) is 6.14. The molecule has 1 N–H and O–H groups in total. The molecule has 25 heavy (non-hydrogen) atoms. The Hall–Kier alpha value is -2.59. The largest absolute Gasteiger partial charge is 0.349 e. The van der Waals surface area contributed by atoms with Crippen molar-refractivity contribution < 1.29 is 13.2 Å². The van der Waals surface area contributed by atoms with Crippen LogP contribution in [0.15, 0.2) is 36.5 Å². The van der Waals surface area contributed by atoms with Gasteiger partial charge in [0.05, 0.1) is 24.0 Å². The van der Waals surface area contributed by atoms with Gasteiger partial charge in [0.15, 0.2) is 9.84 Å². The molecule has 0 radical (unpaired) electrons. The fourth-order valence-corrected chi connectivity index (χ4v) is 4.76. The van der Waals surface area contributed by atoms with Crippen molar-refractivity contribution in [2.24, 2.45) is 0 Å². The minimum atomic E-state index is -3.01. The number of para-hydroxylation sites is 1. The van der Waals surface area contributed by atoms with Gasteiger partial charge in [-0.2, -0.15) is 5.26 Å². The Morgan fingerprint density at radius 3 is 2.92 bits per heavy atom. The number of nitrogens with one attached hydrogen (secondary N) is 1. The molecule has 2 heterocycles. The van der Waals surface area contributed by atoms with E-state index in [-0.39, 0.29) is 23.5 Å². The molecule has 1 aromatic carbocycles. The molecule has 1 aliphatic rings. The van der Waals surface area contributed by atoms with E-state index < -0.39 is 9.84 Å². The Labute approximate surface area is 146 Å². The number of hydrogen-bond donors (Lipinski definition) is 1. The number of aryl methyl sites for hydroxylation is 1. The maximum absolute atomic E-state index is 12.1. The van der Waals surface area contributed by atoms with Gasteiger partial charge >= 0.3 is 0 Å². The molecule has 1 fully saturated rings. The quantitative estimate of drug-likeness (QED) is 0.827. The first-order valence-corrected chi connectivity index (χ1v) is 9.94. The second-order valence-corrected chi connectivity index (χ2v) is 8.37. The molecule has 0 bridgehead atoms. The van der Waals surface area contributed by atoms with Crippen molar-refractivity contribution in [2.75, 3.05) is 11.5 Å². The summed E-state index contributed by atoms with van der Waals surface area (Å²) in [6.07, 6.45) is 5.96. The zero-order valence-corrected chi connectivity index (χ0v) is 14.5. The van der Waals surface area contributed by atoms with E-state index in [9.17, 15) is 13.2 Å². The number of benzene rings is 1. The van der Waals surface area contributed by atoms with Crippen LogP contribution in [-0.4, -0.2) is 36.4 Å². The summed E-state index contributed by atoms with van der Waals surface area (Å²) < 4.78 is 24.9. The molecule has 0 unspecified atom stereocenters. The SMILES string of the molecule is N#CCCn1cc(/C=C/C(=O)N[C@@H]2CCS(=O)(=O)C2)c2ccccc21. The summed E-state index contributed by atoms with van der Waals surface area (Å²) in [4.78, 5) is 12.1. The average Bonchev–Trinajstić information content (AvgIpc) is 3.11. The molecule has 6 nitrogen and oxygen atoms in total. The number of fused-ring (bicyclic) bond motifs is 1. The van der Waals surface area contributed by atoms with Crippen LogP contribution in [0, 0.1) is 11.3 Å². The van der Waals surface area contributed by atoms with Crippen LogP contribution in [0.1, 0.15) is 18.4 Å². The Morgan fingerprint density at radius 1 is 1.40 bits per heavy atom. The second kappa shape index (κ2) is 7.11. The lowest BCUT2D eigenvalue weighted by atomic mass is 10.1. The topological polar surface area (TPSA) is 92.0 Å². The van der Waals surface area contributed by atoms with Crippen molar-refractivity contribution in [1.82, 2.24) is 9.88 Å². The van der Waals surface area contributed by atoms with E-state index in [0.717, 1.165) is 16.5 Å². The predicted octanol–water partition coefficient (Wildman–Crippen LogP) is 1.87. The minimum absolute atomic E-state index is 0.0139. The molecular formula is C18H19N3O3S. The summed E-state index contributed by atoms with van der Waals surface area (Å²) in [5, 5.41) is 12.5. The number of rotatable bonds is 5. The van der Waals surface area contributed by atoms with Gasteiger partial charge in [0.25, 0.3) is 0 Å². The van der Waals surface area contributed by atoms with Gasteiger partial charge < -0.3 is 9.88 Å². The zero-order chi connectivity index (χ0) is 17.9. The van der Waals surface area contributed by atoms with E-state index >= 15 is 0 Å². The van der Waals surface area contributed by atoms with Crippen LogP contribution in [-0.2, 0) is 21.2 Å². The molecule has 1 atom stereocenters. The molecule has 130 valence electrons. The van der Waals surface area contributed by atoms with Crippen molar-refractivity contribution >= 4 is 32.7 Å². The van der Waals surface area contributed by atoms with E-state index in [4.69, 9.17) is 5.26 Å². The van der Waals surface area contributed by atoms with Crippen LogP contribution >= 0.6 is 0 Å². The minimum Gasteiger partial charge on any atom is -0.349 e. The molecule has 1 amide bonds. The lowest BCUT2D eigenvalue weighted by Gasteiger charge is -2.07. The van der Waals surface area contributed by atoms with Crippen LogP contribution in [0.4, 0.5) is 0 Å². The number of nitriles is 1. The lowest BCUT2D eigenvalue weighted by molar-refractivity contribution is -0.116. The molecular weight excluding hydrogens is 338 g/mol. The van der Waals surface area contributed by atoms with Gasteiger partial charge in [-0.1, -0.05) is 18.2 Å². The molecule has 0 aliphatic carbocycles. The van der Waals surface area contributed by atoms with Gasteiger partial charge in [0.1, 0.15) is 0 Å². The van der Waals surface area contributed by atoms with Crippen LogP contribution < -0.4 is 5.32 Å². The Kier molecular flexibility index (Phi) is 4.91. The summed E-state index contributed by atoms with van der Waals surface area (Å²) in [7, 11) is -3.01. The smallest absolute Gasteiger partial charge is 0.244 e. The first-order chi connectivity index (χ1) is 12.0. The van der Waals surface area contributed by atoms with Crippen molar-refractivity contribution in [3.8, 4) is 6.07 Å². The molecule has 1 saturated heterocycles. The average molecular weight is 357 g/mol. The summed E-state index contributed by atoms with van der Waals surface area (Å²) >= 11 is 0. The standard InChI is InChI=1S/C18H19N3O3S/c19-9-3-10-21-12-14(16-4-1-2-5-17(16)21)6-7-18(22)20-15-8-11-25(23,24)13-15/h1-2,4-7,12,15H,3,8,10-11,13H2,(H,20,22)/b7-6+/t15-/m1/s1. The molecule has 1 aromatic heterocycles. The maximum atomic E-state index is 12.1. The predicted molar refractivity (Wildman–Crippen MR) is 96.4 cm³/mol. The van der Waals surface area contributed by atoms with Gasteiger partial charge in [-0.15, -0.1) is 0 Å². The third kappa shape index (κ3) is 4.09. The Bertz CT molecular complexity index is 967. The van der Waals surface area contributed by atoms with Crippen LogP contribution in [0.2, 0.25) is 0 Å². The number of amides is 1. The summed E-state index contributed by atoms with van der Waals surface area (Å²) in [5.41, 5.74) is 1.91. The zero-order valence-electron chi connectivity index (χ0n) is 13.7. The molecule has 7 heteroatoms. The van der Waals surface area contributed by atoms with E-state index in [2.05, 4.69) is 11.4 Å². The van der Waals surface area contributed by atoms with E-state index in [1.54, 1.807) is 6.08 Å². The summed E-state index contributed by atoms with van der Waals surface area (Å²) in [6, 6.07) is 9.64. The highest BCUT2D eigenvalue weighted by Crippen LogP contribution is 2.22. The van der Waals surface area contributed by atoms with Crippen molar-refractivity contribution in [2.45, 2.75) is 25.4 Å². The van der Waals surface area contributed by atoms with Crippen LogP contribution in [0.3, 0.4) is 0 Å². The molecule has 1 aliphatic heterocycles. The maximum Gasteiger partial charge on any atom is 0.244 e. The fraction of sp³-hybridized carbons (Fsp3) is 0.333. The number of sulfone groups is 1. The Morgan fingerprint density at radius 2 is 2.20 bits per heavy atom. The highest BCUT2D eigenvalue weighted by molar-refractivity contribution is 7.91. The van der Waals surface area contributed by atoms with Gasteiger partial charge in [-0.3, -0.25) is 4.79 Å². The van der Waals surface area contributed by atoms with Crippen molar-refractivity contribution in [3.63, 3.8) is 0 Å². The fourth-order valence-electron chi connectivity index (χ4n) is 3.09. The lowest BCUT2D eigenvalue weighted by Crippen LogP contribution is -2.34. The van der Waals surface area contributed by atoms with E-state index in [0.29, 0.717) is 19.4 Å². The summed E-state index contributed by atoms with van der Waals surface area (Å²) in [6.45, 7) is 0.594. The normalized spacial score (nSPS) is 19.2.